The fraction of sp³-hybridized carbons (Fsp3) is 0.846. The Morgan fingerprint density at radius 3 is 2.60 bits per heavy atom. The molecule has 0 bridgehead atoms. The number of likely N-dealkylation sites (tertiary alicyclic amines) is 1. The normalized spacial score (nSPS) is 34.4. The molecule has 0 aromatic heterocycles. The van der Waals surface area contributed by atoms with Gasteiger partial charge in [0.1, 0.15) is 6.04 Å². The molecule has 4 atom stereocenters. The van der Waals surface area contributed by atoms with Crippen LogP contribution in [-0.4, -0.2) is 76.5 Å². The highest BCUT2D eigenvalue weighted by atomic mass is 16.5. The summed E-state index contributed by atoms with van der Waals surface area (Å²) in [7, 11) is 0. The Balaban J connectivity index is 2.08. The molecule has 2 rings (SSSR count). The number of carboxylic acid groups (broad SMARTS) is 1. The van der Waals surface area contributed by atoms with Gasteiger partial charge in [0, 0.05) is 13.1 Å². The van der Waals surface area contributed by atoms with Gasteiger partial charge in [-0.2, -0.15) is 0 Å². The van der Waals surface area contributed by atoms with Gasteiger partial charge < -0.3 is 24.7 Å². The van der Waals surface area contributed by atoms with E-state index in [0.29, 0.717) is 26.1 Å². The van der Waals surface area contributed by atoms with Gasteiger partial charge >= 0.3 is 12.0 Å². The van der Waals surface area contributed by atoms with Gasteiger partial charge in [-0.05, 0) is 19.3 Å². The van der Waals surface area contributed by atoms with Crippen LogP contribution in [-0.2, 0) is 9.53 Å². The van der Waals surface area contributed by atoms with Crippen molar-refractivity contribution >= 4 is 12.0 Å². The van der Waals surface area contributed by atoms with E-state index >= 15 is 0 Å². The Morgan fingerprint density at radius 1 is 1.30 bits per heavy atom. The molecule has 0 spiro atoms. The number of hydrogen-bond acceptors (Lipinski definition) is 4. The SMILES string of the molecule is CC1CN(C(=O)N2CCC(C)C2C(=O)O)CC(CO)O1. The molecule has 7 heteroatoms. The highest BCUT2D eigenvalue weighted by molar-refractivity contribution is 5.83. The number of rotatable bonds is 2. The van der Waals surface area contributed by atoms with E-state index in [0.717, 1.165) is 0 Å². The van der Waals surface area contributed by atoms with Crippen molar-refractivity contribution in [3.63, 3.8) is 0 Å². The van der Waals surface area contributed by atoms with E-state index in [2.05, 4.69) is 0 Å². The number of aliphatic hydroxyl groups is 1. The lowest BCUT2D eigenvalue weighted by Gasteiger charge is -2.38. The third-order valence-electron chi connectivity index (χ3n) is 4.00. The lowest BCUT2D eigenvalue weighted by atomic mass is 10.0. The summed E-state index contributed by atoms with van der Waals surface area (Å²) >= 11 is 0. The largest absolute Gasteiger partial charge is 0.480 e. The minimum absolute atomic E-state index is 0.0384. The Hall–Kier alpha value is -1.34. The van der Waals surface area contributed by atoms with Crippen LogP contribution in [0.3, 0.4) is 0 Å². The van der Waals surface area contributed by atoms with Crippen molar-refractivity contribution in [3.8, 4) is 0 Å². The molecule has 2 fully saturated rings. The second kappa shape index (κ2) is 5.97. The van der Waals surface area contributed by atoms with Crippen LogP contribution in [0.5, 0.6) is 0 Å². The van der Waals surface area contributed by atoms with E-state index < -0.39 is 18.1 Å². The third-order valence-corrected chi connectivity index (χ3v) is 4.00. The first kappa shape index (κ1) is 15.1. The minimum atomic E-state index is -0.955. The number of amides is 2. The summed E-state index contributed by atoms with van der Waals surface area (Å²) in [5, 5.41) is 18.5. The molecule has 2 amide bonds. The van der Waals surface area contributed by atoms with Crippen LogP contribution in [0.15, 0.2) is 0 Å². The van der Waals surface area contributed by atoms with E-state index in [1.807, 2.05) is 13.8 Å². The van der Waals surface area contributed by atoms with Gasteiger partial charge in [0.2, 0.25) is 0 Å². The van der Waals surface area contributed by atoms with Gasteiger partial charge in [-0.15, -0.1) is 0 Å². The number of urea groups is 1. The van der Waals surface area contributed by atoms with Gasteiger partial charge in [-0.1, -0.05) is 6.92 Å². The zero-order valence-electron chi connectivity index (χ0n) is 11.9. The zero-order chi connectivity index (χ0) is 14.9. The fourth-order valence-corrected chi connectivity index (χ4v) is 3.02. The van der Waals surface area contributed by atoms with Crippen LogP contribution in [0.2, 0.25) is 0 Å². The summed E-state index contributed by atoms with van der Waals surface area (Å²) in [6, 6.07) is -1.02. The molecule has 4 unspecified atom stereocenters. The smallest absolute Gasteiger partial charge is 0.326 e. The number of morpholine rings is 1. The second-order valence-electron chi connectivity index (χ2n) is 5.68. The molecule has 0 aromatic carbocycles. The predicted molar refractivity (Wildman–Crippen MR) is 70.3 cm³/mol. The highest BCUT2D eigenvalue weighted by Crippen LogP contribution is 2.26. The molecule has 0 saturated carbocycles. The summed E-state index contributed by atoms with van der Waals surface area (Å²) in [6.07, 6.45) is 0.144. The standard InChI is InChI=1S/C13H22N2O5/c1-8-3-4-15(11(8)12(17)18)13(19)14-5-9(2)20-10(6-14)7-16/h8-11,16H,3-7H2,1-2H3,(H,17,18). The summed E-state index contributed by atoms with van der Waals surface area (Å²) in [4.78, 5) is 26.9. The molecular formula is C13H22N2O5. The van der Waals surface area contributed by atoms with Gasteiger partial charge in [0.25, 0.3) is 0 Å². The zero-order valence-corrected chi connectivity index (χ0v) is 11.9. The molecule has 2 heterocycles. The molecule has 2 saturated heterocycles. The van der Waals surface area contributed by atoms with E-state index in [1.54, 1.807) is 4.90 Å². The van der Waals surface area contributed by atoms with E-state index in [9.17, 15) is 19.8 Å². The number of carboxylic acids is 1. The van der Waals surface area contributed by atoms with Crippen molar-refractivity contribution < 1.29 is 24.5 Å². The maximum absolute atomic E-state index is 12.5. The first-order chi connectivity index (χ1) is 9.43. The van der Waals surface area contributed by atoms with Crippen LogP contribution in [0.25, 0.3) is 0 Å². The lowest BCUT2D eigenvalue weighted by molar-refractivity contribution is -0.142. The summed E-state index contributed by atoms with van der Waals surface area (Å²) in [5.41, 5.74) is 0. The van der Waals surface area contributed by atoms with Crippen LogP contribution < -0.4 is 0 Å². The quantitative estimate of drug-likeness (QED) is 0.744. The number of aliphatic carboxylic acids is 1. The van der Waals surface area contributed by atoms with E-state index in [4.69, 9.17) is 4.74 Å². The number of ether oxygens (including phenoxy) is 1. The van der Waals surface area contributed by atoms with Crippen molar-refractivity contribution in [2.75, 3.05) is 26.2 Å². The topological polar surface area (TPSA) is 90.3 Å². The first-order valence-corrected chi connectivity index (χ1v) is 6.98. The van der Waals surface area contributed by atoms with Crippen molar-refractivity contribution in [1.82, 2.24) is 9.80 Å². The minimum Gasteiger partial charge on any atom is -0.480 e. The number of carbonyl (C=O) groups excluding carboxylic acids is 1. The van der Waals surface area contributed by atoms with Gasteiger partial charge in [-0.25, -0.2) is 9.59 Å². The van der Waals surface area contributed by atoms with Gasteiger partial charge in [-0.3, -0.25) is 0 Å². The van der Waals surface area contributed by atoms with Crippen LogP contribution in [0.1, 0.15) is 20.3 Å². The second-order valence-corrected chi connectivity index (χ2v) is 5.68. The van der Waals surface area contributed by atoms with Gasteiger partial charge in [0.05, 0.1) is 25.4 Å². The van der Waals surface area contributed by atoms with Crippen LogP contribution >= 0.6 is 0 Å². The Bertz CT molecular complexity index is 389. The molecule has 0 radical (unpaired) electrons. The fourth-order valence-electron chi connectivity index (χ4n) is 3.02. The molecule has 0 aromatic rings. The predicted octanol–water partition coefficient (Wildman–Crippen LogP) is -0.0170. The number of carbonyl (C=O) groups is 2. The van der Waals surface area contributed by atoms with Crippen molar-refractivity contribution in [2.24, 2.45) is 5.92 Å². The number of aliphatic hydroxyl groups excluding tert-OH is 1. The summed E-state index contributed by atoms with van der Waals surface area (Å²) in [6.45, 7) is 4.73. The summed E-state index contributed by atoms with van der Waals surface area (Å²) in [5.74, 6) is -0.994. The average molecular weight is 286 g/mol. The van der Waals surface area contributed by atoms with Gasteiger partial charge in [0.15, 0.2) is 0 Å². The Morgan fingerprint density at radius 2 is 2.00 bits per heavy atom. The maximum atomic E-state index is 12.5. The molecule has 2 aliphatic heterocycles. The number of nitrogens with zero attached hydrogens (tertiary/aromatic N) is 2. The molecular weight excluding hydrogens is 264 g/mol. The van der Waals surface area contributed by atoms with Crippen molar-refractivity contribution in [3.05, 3.63) is 0 Å². The van der Waals surface area contributed by atoms with Crippen LogP contribution in [0.4, 0.5) is 4.79 Å². The third kappa shape index (κ3) is 2.88. The highest BCUT2D eigenvalue weighted by Gasteiger charge is 2.42. The van der Waals surface area contributed by atoms with E-state index in [1.165, 1.54) is 4.90 Å². The van der Waals surface area contributed by atoms with Crippen LogP contribution in [0, 0.1) is 5.92 Å². The molecule has 2 aliphatic rings. The molecule has 20 heavy (non-hydrogen) atoms. The lowest BCUT2D eigenvalue weighted by Crippen LogP contribution is -2.56. The molecule has 0 aliphatic carbocycles. The van der Waals surface area contributed by atoms with Crippen molar-refractivity contribution in [2.45, 2.75) is 38.5 Å². The molecule has 2 N–H and O–H groups in total. The Kier molecular flexibility index (Phi) is 4.49. The maximum Gasteiger partial charge on any atom is 0.326 e. The van der Waals surface area contributed by atoms with E-state index in [-0.39, 0.29) is 24.7 Å². The molecule has 114 valence electrons. The first-order valence-electron chi connectivity index (χ1n) is 6.98. The summed E-state index contributed by atoms with van der Waals surface area (Å²) < 4.78 is 5.50. The van der Waals surface area contributed by atoms with Crippen molar-refractivity contribution in [1.29, 1.82) is 0 Å². The Labute approximate surface area is 118 Å². The molecule has 7 nitrogen and oxygen atoms in total. The number of hydrogen-bond donors (Lipinski definition) is 2. The average Bonchev–Trinajstić information content (AvgIpc) is 2.79. The monoisotopic (exact) mass is 286 g/mol.